The highest BCUT2D eigenvalue weighted by atomic mass is 16.4. The molecule has 5 rings (SSSR count). The van der Waals surface area contributed by atoms with Crippen LogP contribution in [0.4, 0.5) is 0 Å². The molecule has 1 aromatic carbocycles. The topological polar surface area (TPSA) is 93.8 Å². The van der Waals surface area contributed by atoms with E-state index in [1.807, 2.05) is 67.4 Å². The van der Waals surface area contributed by atoms with Gasteiger partial charge in [-0.3, -0.25) is 19.4 Å². The number of aliphatic carboxylic acids is 1. The van der Waals surface area contributed by atoms with E-state index >= 15 is 0 Å². The molecule has 1 N–H and O–H groups in total. The van der Waals surface area contributed by atoms with Gasteiger partial charge in [0.25, 0.3) is 0 Å². The molecule has 7 nitrogen and oxygen atoms in total. The Kier molecular flexibility index (Phi) is 5.32. The van der Waals surface area contributed by atoms with E-state index in [0.29, 0.717) is 19.3 Å². The summed E-state index contributed by atoms with van der Waals surface area (Å²) in [5, 5.41) is 14.0. The van der Waals surface area contributed by atoms with Crippen LogP contribution in [0.3, 0.4) is 0 Å². The number of carboxylic acid groups (broad SMARTS) is 1. The molecule has 0 aliphatic heterocycles. The zero-order valence-corrected chi connectivity index (χ0v) is 19.2. The lowest BCUT2D eigenvalue weighted by atomic mass is 9.94. The number of aromatic nitrogens is 5. The summed E-state index contributed by atoms with van der Waals surface area (Å²) in [6.07, 6.45) is 9.13. The molecule has 3 heterocycles. The fourth-order valence-corrected chi connectivity index (χ4v) is 4.21. The van der Waals surface area contributed by atoms with Crippen molar-refractivity contribution in [3.63, 3.8) is 0 Å². The summed E-state index contributed by atoms with van der Waals surface area (Å²) in [7, 11) is 1.91. The molecule has 3 aromatic heterocycles. The Morgan fingerprint density at radius 3 is 2.41 bits per heavy atom. The second-order valence-corrected chi connectivity index (χ2v) is 8.88. The fraction of sp³-hybridized carbons (Fsp3) is 0.222. The van der Waals surface area contributed by atoms with E-state index < -0.39 is 11.4 Å². The van der Waals surface area contributed by atoms with E-state index in [-0.39, 0.29) is 0 Å². The van der Waals surface area contributed by atoms with Crippen molar-refractivity contribution in [2.75, 3.05) is 0 Å². The van der Waals surface area contributed by atoms with E-state index in [2.05, 4.69) is 21.6 Å². The Morgan fingerprint density at radius 1 is 1.06 bits per heavy atom. The molecular formula is C27H25N5O2. The van der Waals surface area contributed by atoms with Crippen molar-refractivity contribution < 1.29 is 9.90 Å². The van der Waals surface area contributed by atoms with Crippen LogP contribution in [-0.4, -0.2) is 35.8 Å². The van der Waals surface area contributed by atoms with Gasteiger partial charge in [-0.2, -0.15) is 5.10 Å². The highest BCUT2D eigenvalue weighted by Crippen LogP contribution is 2.48. The first kappa shape index (κ1) is 21.7. The van der Waals surface area contributed by atoms with Gasteiger partial charge in [-0.1, -0.05) is 36.9 Å². The molecule has 170 valence electrons. The molecule has 0 unspecified atom stereocenters. The summed E-state index contributed by atoms with van der Waals surface area (Å²) in [4.78, 5) is 25.2. The Morgan fingerprint density at radius 2 is 1.79 bits per heavy atom. The highest BCUT2D eigenvalue weighted by molar-refractivity contribution is 5.85. The first-order chi connectivity index (χ1) is 16.4. The summed E-state index contributed by atoms with van der Waals surface area (Å²) in [6.45, 7) is 5.87. The quantitative estimate of drug-likeness (QED) is 0.439. The molecule has 0 amide bonds. The monoisotopic (exact) mass is 451 g/mol. The van der Waals surface area contributed by atoms with Crippen molar-refractivity contribution in [2.24, 2.45) is 7.05 Å². The third-order valence-electron chi connectivity index (χ3n) is 6.50. The van der Waals surface area contributed by atoms with E-state index in [9.17, 15) is 9.90 Å². The van der Waals surface area contributed by atoms with Gasteiger partial charge in [-0.15, -0.1) is 0 Å². The van der Waals surface area contributed by atoms with Crippen LogP contribution in [0.1, 0.15) is 42.4 Å². The minimum atomic E-state index is -0.740. The van der Waals surface area contributed by atoms with E-state index in [4.69, 9.17) is 4.98 Å². The zero-order valence-electron chi connectivity index (χ0n) is 19.2. The van der Waals surface area contributed by atoms with Gasteiger partial charge >= 0.3 is 5.97 Å². The predicted molar refractivity (Wildman–Crippen MR) is 130 cm³/mol. The number of benzene rings is 1. The van der Waals surface area contributed by atoms with Gasteiger partial charge in [-0.05, 0) is 42.5 Å². The molecule has 1 saturated carbocycles. The van der Waals surface area contributed by atoms with Crippen LogP contribution in [0.25, 0.3) is 28.0 Å². The van der Waals surface area contributed by atoms with Crippen molar-refractivity contribution >= 4 is 11.5 Å². The molecular weight excluding hydrogens is 426 g/mol. The van der Waals surface area contributed by atoms with Gasteiger partial charge in [0.15, 0.2) is 0 Å². The summed E-state index contributed by atoms with van der Waals surface area (Å²) in [6, 6.07) is 11.8. The summed E-state index contributed by atoms with van der Waals surface area (Å²) < 4.78 is 1.84. The summed E-state index contributed by atoms with van der Waals surface area (Å²) in [5.41, 5.74) is 7.43. The molecule has 0 bridgehead atoms. The van der Waals surface area contributed by atoms with Crippen LogP contribution in [0.15, 0.2) is 67.8 Å². The number of nitrogens with zero attached hydrogens (tertiary/aromatic N) is 5. The van der Waals surface area contributed by atoms with Crippen molar-refractivity contribution in [1.29, 1.82) is 0 Å². The Bertz CT molecular complexity index is 1380. The number of aryl methyl sites for hydroxylation is 1. The minimum Gasteiger partial charge on any atom is -0.481 e. The van der Waals surface area contributed by atoms with E-state index in [1.165, 1.54) is 0 Å². The molecule has 4 aromatic rings. The van der Waals surface area contributed by atoms with Crippen molar-refractivity contribution in [3.05, 3.63) is 90.4 Å². The number of pyridine rings is 1. The van der Waals surface area contributed by atoms with Crippen LogP contribution >= 0.6 is 0 Å². The number of allylic oxidation sites excluding steroid dienone is 1. The van der Waals surface area contributed by atoms with E-state index in [0.717, 1.165) is 50.6 Å². The molecule has 0 saturated heterocycles. The normalized spacial score (nSPS) is 14.1. The summed E-state index contributed by atoms with van der Waals surface area (Å²) in [5.74, 6) is -0.740. The van der Waals surface area contributed by atoms with Gasteiger partial charge < -0.3 is 5.11 Å². The standard InChI is InChI=1S/C27H25N5O2/c1-17(2)24-16-28-14-21(31-24)12-25-22(15-30-32(25)3)23-9-6-19(13-29-23)18-4-7-20(8-5-18)27(10-11-27)26(33)34/h4-9,13-16H,1,10-12H2,2-3H3,(H,33,34). The zero-order chi connectivity index (χ0) is 23.9. The molecule has 1 aliphatic carbocycles. The molecule has 1 aliphatic rings. The third kappa shape index (κ3) is 3.90. The van der Waals surface area contributed by atoms with Gasteiger partial charge in [0.2, 0.25) is 0 Å². The van der Waals surface area contributed by atoms with Gasteiger partial charge in [0.1, 0.15) is 0 Å². The highest BCUT2D eigenvalue weighted by Gasteiger charge is 2.51. The fourth-order valence-electron chi connectivity index (χ4n) is 4.21. The van der Waals surface area contributed by atoms with E-state index in [1.54, 1.807) is 12.4 Å². The lowest BCUT2D eigenvalue weighted by molar-refractivity contribution is -0.140. The molecule has 0 atom stereocenters. The average molecular weight is 452 g/mol. The predicted octanol–water partition coefficient (Wildman–Crippen LogP) is 4.68. The lowest BCUT2D eigenvalue weighted by Gasteiger charge is -2.11. The molecule has 0 radical (unpaired) electrons. The average Bonchev–Trinajstić information content (AvgIpc) is 3.59. The summed E-state index contributed by atoms with van der Waals surface area (Å²) >= 11 is 0. The van der Waals surface area contributed by atoms with Crippen molar-refractivity contribution in [1.82, 2.24) is 24.7 Å². The molecule has 7 heteroatoms. The van der Waals surface area contributed by atoms with Crippen molar-refractivity contribution in [2.45, 2.75) is 31.6 Å². The Balaban J connectivity index is 1.39. The SMILES string of the molecule is C=C(C)c1cncc(Cc2c(-c3ccc(-c4ccc(C5(C(=O)O)CC5)cc4)cn3)cnn2C)n1. The molecule has 0 spiro atoms. The van der Waals surface area contributed by atoms with Crippen LogP contribution in [0.2, 0.25) is 0 Å². The largest absolute Gasteiger partial charge is 0.481 e. The Hall–Kier alpha value is -4.13. The number of hydrogen-bond acceptors (Lipinski definition) is 5. The number of hydrogen-bond donors (Lipinski definition) is 1. The third-order valence-corrected chi connectivity index (χ3v) is 6.50. The first-order valence-electron chi connectivity index (χ1n) is 11.2. The van der Waals surface area contributed by atoms with Crippen LogP contribution in [-0.2, 0) is 23.7 Å². The first-order valence-corrected chi connectivity index (χ1v) is 11.2. The van der Waals surface area contributed by atoms with Crippen LogP contribution in [0, 0.1) is 0 Å². The van der Waals surface area contributed by atoms with Crippen LogP contribution < -0.4 is 0 Å². The molecule has 1 fully saturated rings. The minimum absolute atomic E-state index is 0.580. The van der Waals surface area contributed by atoms with Crippen molar-refractivity contribution in [3.8, 4) is 22.4 Å². The van der Waals surface area contributed by atoms with Crippen LogP contribution in [0.5, 0.6) is 0 Å². The van der Waals surface area contributed by atoms with Gasteiger partial charge in [0.05, 0.1) is 40.6 Å². The van der Waals surface area contributed by atoms with Gasteiger partial charge in [-0.25, -0.2) is 4.98 Å². The smallest absolute Gasteiger partial charge is 0.314 e. The maximum atomic E-state index is 11.6. The number of carboxylic acids is 1. The number of rotatable bonds is 7. The molecule has 34 heavy (non-hydrogen) atoms. The number of carbonyl (C=O) groups is 1. The maximum Gasteiger partial charge on any atom is 0.314 e. The second kappa shape index (κ2) is 8.33. The lowest BCUT2D eigenvalue weighted by Crippen LogP contribution is -2.19. The second-order valence-electron chi connectivity index (χ2n) is 8.88. The van der Waals surface area contributed by atoms with Gasteiger partial charge in [0, 0.05) is 37.0 Å². The maximum absolute atomic E-state index is 11.6. The Labute approximate surface area is 197 Å².